The fourth-order valence-electron chi connectivity index (χ4n) is 5.64. The van der Waals surface area contributed by atoms with Gasteiger partial charge in [-0.2, -0.15) is 0 Å². The lowest BCUT2D eigenvalue weighted by Gasteiger charge is -2.29. The number of hydrogen-bond acceptors (Lipinski definition) is 6. The van der Waals surface area contributed by atoms with Gasteiger partial charge in [-0.15, -0.1) is 0 Å². The van der Waals surface area contributed by atoms with E-state index in [0.29, 0.717) is 17.4 Å². The molecule has 0 aromatic rings. The van der Waals surface area contributed by atoms with Crippen molar-refractivity contribution in [2.24, 2.45) is 0 Å². The van der Waals surface area contributed by atoms with Crippen molar-refractivity contribution in [2.75, 3.05) is 40.9 Å². The van der Waals surface area contributed by atoms with Crippen LogP contribution in [0.3, 0.4) is 0 Å². The average molecular weight is 715 g/mol. The molecule has 0 heterocycles. The number of hydrogen-bond donors (Lipinski definition) is 2. The highest BCUT2D eigenvalue weighted by molar-refractivity contribution is 7.45. The Labute approximate surface area is 303 Å². The van der Waals surface area contributed by atoms with Gasteiger partial charge in [0.25, 0.3) is 7.82 Å². The smallest absolute Gasteiger partial charge is 0.268 e. The quantitative estimate of drug-likeness (QED) is 0.0290. The number of nitrogens with zero attached hydrogens (tertiary/aromatic N) is 1. The van der Waals surface area contributed by atoms with Crippen molar-refractivity contribution in [3.63, 3.8) is 0 Å². The Hall–Kier alpha value is -1.02. The summed E-state index contributed by atoms with van der Waals surface area (Å²) in [5, 5.41) is 13.5. The van der Waals surface area contributed by atoms with E-state index in [4.69, 9.17) is 9.05 Å². The second-order valence-electron chi connectivity index (χ2n) is 15.0. The molecular formula is C40H79N2O6P. The maximum Gasteiger partial charge on any atom is 0.268 e. The summed E-state index contributed by atoms with van der Waals surface area (Å²) < 4.78 is 22.9. The Bertz CT molecular complexity index is 860. The van der Waals surface area contributed by atoms with Gasteiger partial charge in [-0.05, 0) is 32.1 Å². The zero-order valence-electron chi connectivity index (χ0n) is 32.6. The van der Waals surface area contributed by atoms with Crippen LogP contribution in [0.25, 0.3) is 0 Å². The molecule has 0 aromatic heterocycles. The minimum Gasteiger partial charge on any atom is -0.756 e. The number of rotatable bonds is 36. The van der Waals surface area contributed by atoms with Crippen LogP contribution in [-0.4, -0.2) is 68.5 Å². The monoisotopic (exact) mass is 715 g/mol. The van der Waals surface area contributed by atoms with Crippen LogP contribution in [0.5, 0.6) is 0 Å². The zero-order valence-corrected chi connectivity index (χ0v) is 33.5. The summed E-state index contributed by atoms with van der Waals surface area (Å²) in [7, 11) is 1.24. The zero-order chi connectivity index (χ0) is 36.5. The van der Waals surface area contributed by atoms with Crippen molar-refractivity contribution in [3.8, 4) is 0 Å². The standard InChI is InChI=1S/C40H79N2O6P/c1-6-8-10-12-13-14-15-16-17-18-19-20-21-22-23-24-25-26-27-28-29-30-31-33-39(43)38(41-40(44)34-32-11-9-7-2)37-48-49(45,46)47-36-35-42(3,4)5/h27-28,31,33,38-39,43H,6-26,29-30,32,34-37H2,1-5H3,(H-,41,44,45,46)/b28-27+,33-31+. The maximum atomic E-state index is 12.5. The van der Waals surface area contributed by atoms with E-state index in [-0.39, 0.29) is 12.5 Å². The van der Waals surface area contributed by atoms with Crippen LogP contribution in [-0.2, 0) is 18.4 Å². The van der Waals surface area contributed by atoms with E-state index < -0.39 is 26.6 Å². The van der Waals surface area contributed by atoms with Gasteiger partial charge in [-0.3, -0.25) is 9.36 Å². The number of carbonyl (C=O) groups excluding carboxylic acids is 1. The third kappa shape index (κ3) is 35.2. The lowest BCUT2D eigenvalue weighted by molar-refractivity contribution is -0.870. The first-order valence-corrected chi connectivity index (χ1v) is 21.7. The minimum absolute atomic E-state index is 0.00574. The van der Waals surface area contributed by atoms with Gasteiger partial charge in [0.05, 0.1) is 39.9 Å². The predicted octanol–water partition coefficient (Wildman–Crippen LogP) is 9.94. The van der Waals surface area contributed by atoms with Crippen LogP contribution in [0.1, 0.15) is 174 Å². The Morgan fingerprint density at radius 1 is 0.694 bits per heavy atom. The molecule has 0 radical (unpaired) electrons. The maximum absolute atomic E-state index is 12.5. The highest BCUT2D eigenvalue weighted by Crippen LogP contribution is 2.38. The molecule has 0 fully saturated rings. The number of aliphatic hydroxyl groups is 1. The molecule has 0 aliphatic rings. The number of aliphatic hydroxyl groups excluding tert-OH is 1. The first-order chi connectivity index (χ1) is 23.5. The van der Waals surface area contributed by atoms with E-state index >= 15 is 0 Å². The Morgan fingerprint density at radius 3 is 1.65 bits per heavy atom. The van der Waals surface area contributed by atoms with E-state index in [1.807, 2.05) is 27.2 Å². The molecule has 0 rings (SSSR count). The van der Waals surface area contributed by atoms with Gasteiger partial charge < -0.3 is 28.8 Å². The van der Waals surface area contributed by atoms with E-state index in [1.165, 1.54) is 109 Å². The molecule has 0 bridgehead atoms. The molecule has 1 amide bonds. The predicted molar refractivity (Wildman–Crippen MR) is 205 cm³/mol. The highest BCUT2D eigenvalue weighted by atomic mass is 31.2. The summed E-state index contributed by atoms with van der Waals surface area (Å²) in [5.74, 6) is -0.226. The number of phosphoric ester groups is 1. The van der Waals surface area contributed by atoms with Crippen LogP contribution >= 0.6 is 7.82 Å². The number of quaternary nitrogens is 1. The van der Waals surface area contributed by atoms with Crippen LogP contribution in [0.4, 0.5) is 0 Å². The number of amides is 1. The largest absolute Gasteiger partial charge is 0.756 e. The van der Waals surface area contributed by atoms with Gasteiger partial charge in [-0.25, -0.2) is 0 Å². The van der Waals surface area contributed by atoms with Crippen molar-refractivity contribution in [3.05, 3.63) is 24.3 Å². The van der Waals surface area contributed by atoms with E-state index in [1.54, 1.807) is 6.08 Å². The Balaban J connectivity index is 4.17. The van der Waals surface area contributed by atoms with Crippen molar-refractivity contribution < 1.29 is 32.9 Å². The molecule has 3 unspecified atom stereocenters. The summed E-state index contributed by atoms with van der Waals surface area (Å²) in [5.41, 5.74) is 0. The number of nitrogens with one attached hydrogen (secondary N) is 1. The fourth-order valence-corrected chi connectivity index (χ4v) is 6.36. The third-order valence-electron chi connectivity index (χ3n) is 8.91. The molecular weight excluding hydrogens is 635 g/mol. The second kappa shape index (κ2) is 32.9. The SMILES string of the molecule is CCCCCCCCCCCCCCCCCCC/C=C/CC/C=C/C(O)C(COP(=O)([O-])OCC[N+](C)(C)C)NC(=O)CCCCCC. The molecule has 8 nitrogen and oxygen atoms in total. The Morgan fingerprint density at radius 2 is 1.14 bits per heavy atom. The summed E-state index contributed by atoms with van der Waals surface area (Å²) in [6.45, 7) is 4.49. The highest BCUT2D eigenvalue weighted by Gasteiger charge is 2.23. The van der Waals surface area contributed by atoms with Gasteiger partial charge in [0, 0.05) is 6.42 Å². The van der Waals surface area contributed by atoms with Gasteiger partial charge in [0.15, 0.2) is 0 Å². The summed E-state index contributed by atoms with van der Waals surface area (Å²) in [4.78, 5) is 24.8. The molecule has 0 saturated carbocycles. The first-order valence-electron chi connectivity index (χ1n) is 20.2. The molecule has 3 atom stereocenters. The third-order valence-corrected chi connectivity index (χ3v) is 9.88. The molecule has 0 aliphatic carbocycles. The molecule has 0 spiro atoms. The molecule has 2 N–H and O–H groups in total. The van der Waals surface area contributed by atoms with E-state index in [0.717, 1.165) is 44.9 Å². The lowest BCUT2D eigenvalue weighted by atomic mass is 10.0. The summed E-state index contributed by atoms with van der Waals surface area (Å²) >= 11 is 0. The average Bonchev–Trinajstić information content (AvgIpc) is 3.04. The summed E-state index contributed by atoms with van der Waals surface area (Å²) in [6.07, 6.45) is 37.3. The van der Waals surface area contributed by atoms with Crippen LogP contribution < -0.4 is 10.2 Å². The molecule has 49 heavy (non-hydrogen) atoms. The number of allylic oxidation sites excluding steroid dienone is 3. The normalized spacial score (nSPS) is 14.8. The van der Waals surface area contributed by atoms with Gasteiger partial charge in [0.2, 0.25) is 5.91 Å². The molecule has 0 aliphatic heterocycles. The number of unbranched alkanes of at least 4 members (excludes halogenated alkanes) is 21. The van der Waals surface area contributed by atoms with Crippen LogP contribution in [0.2, 0.25) is 0 Å². The van der Waals surface area contributed by atoms with Crippen molar-refractivity contribution in [2.45, 2.75) is 187 Å². The topological polar surface area (TPSA) is 108 Å². The number of carbonyl (C=O) groups is 1. The van der Waals surface area contributed by atoms with Gasteiger partial charge in [-0.1, -0.05) is 160 Å². The first kappa shape index (κ1) is 48.0. The van der Waals surface area contributed by atoms with Gasteiger partial charge in [0.1, 0.15) is 13.2 Å². The van der Waals surface area contributed by atoms with Crippen molar-refractivity contribution in [1.29, 1.82) is 0 Å². The molecule has 0 aromatic carbocycles. The Kier molecular flexibility index (Phi) is 32.2. The number of phosphoric acid groups is 1. The minimum atomic E-state index is -4.57. The fraction of sp³-hybridized carbons (Fsp3) is 0.875. The van der Waals surface area contributed by atoms with Crippen LogP contribution in [0.15, 0.2) is 24.3 Å². The summed E-state index contributed by atoms with van der Waals surface area (Å²) in [6, 6.07) is -0.894. The van der Waals surface area contributed by atoms with E-state index in [2.05, 4.69) is 31.3 Å². The van der Waals surface area contributed by atoms with Crippen molar-refractivity contribution >= 4 is 13.7 Å². The number of likely N-dealkylation sites (N-methyl/N-ethyl adjacent to an activating group) is 1. The van der Waals surface area contributed by atoms with E-state index in [9.17, 15) is 19.4 Å². The lowest BCUT2D eigenvalue weighted by Crippen LogP contribution is -2.45. The van der Waals surface area contributed by atoms with Crippen LogP contribution in [0, 0.1) is 0 Å². The van der Waals surface area contributed by atoms with Gasteiger partial charge >= 0.3 is 0 Å². The molecule has 0 saturated heterocycles. The molecule has 290 valence electrons. The second-order valence-corrected chi connectivity index (χ2v) is 16.4. The molecule has 9 heteroatoms. The van der Waals surface area contributed by atoms with Crippen molar-refractivity contribution in [1.82, 2.24) is 5.32 Å².